The van der Waals surface area contributed by atoms with Gasteiger partial charge >= 0.3 is 6.18 Å². The molecule has 31 heavy (non-hydrogen) atoms. The van der Waals surface area contributed by atoms with Gasteiger partial charge in [-0.15, -0.1) is 0 Å². The van der Waals surface area contributed by atoms with Crippen LogP contribution in [0.3, 0.4) is 0 Å². The first-order chi connectivity index (χ1) is 14.7. The van der Waals surface area contributed by atoms with Crippen molar-refractivity contribution in [2.24, 2.45) is 0 Å². The van der Waals surface area contributed by atoms with E-state index < -0.39 is 29.3 Å². The minimum absolute atomic E-state index is 0.0120. The average molecular weight is 431 g/mol. The van der Waals surface area contributed by atoms with Crippen molar-refractivity contribution in [3.8, 4) is 5.69 Å². The molecule has 0 bridgehead atoms. The topological polar surface area (TPSA) is 46.9 Å². The number of carbonyl (C=O) groups excluding carboxylic acids is 1. The van der Waals surface area contributed by atoms with Crippen LogP contribution in [0.2, 0.25) is 0 Å². The van der Waals surface area contributed by atoms with Crippen LogP contribution in [-0.2, 0) is 12.7 Å². The standard InChI is InChI=1S/C22H14F5N3O/c23-15-7-8-20(18(24)10-15)30-19-6-2-5-16(17(19)12-29-30)21(31)28-11-13-3-1-4-14(9-13)22(25,26)27/h1-10,12H,11H2,(H,28,31). The van der Waals surface area contributed by atoms with Crippen LogP contribution < -0.4 is 5.32 Å². The summed E-state index contributed by atoms with van der Waals surface area (Å²) in [6.45, 7) is -0.111. The van der Waals surface area contributed by atoms with E-state index in [4.69, 9.17) is 0 Å². The molecule has 0 saturated heterocycles. The maximum Gasteiger partial charge on any atom is 0.416 e. The van der Waals surface area contributed by atoms with Gasteiger partial charge in [0.25, 0.3) is 5.91 Å². The second-order valence-corrected chi connectivity index (χ2v) is 6.77. The first-order valence-corrected chi connectivity index (χ1v) is 9.10. The predicted molar refractivity (Wildman–Crippen MR) is 104 cm³/mol. The van der Waals surface area contributed by atoms with E-state index in [2.05, 4.69) is 10.4 Å². The molecule has 0 aliphatic heterocycles. The van der Waals surface area contributed by atoms with E-state index in [9.17, 15) is 26.7 Å². The number of nitrogens with zero attached hydrogens (tertiary/aromatic N) is 2. The quantitative estimate of drug-likeness (QED) is 0.449. The van der Waals surface area contributed by atoms with Gasteiger partial charge in [0.15, 0.2) is 5.82 Å². The Morgan fingerprint density at radius 3 is 2.52 bits per heavy atom. The number of hydrogen-bond acceptors (Lipinski definition) is 2. The fraction of sp³-hybridized carbons (Fsp3) is 0.0909. The Kier molecular flexibility index (Phi) is 5.18. The monoisotopic (exact) mass is 431 g/mol. The number of halogens is 5. The third kappa shape index (κ3) is 4.11. The molecule has 1 N–H and O–H groups in total. The van der Waals surface area contributed by atoms with Crippen LogP contribution in [0.25, 0.3) is 16.6 Å². The summed E-state index contributed by atoms with van der Waals surface area (Å²) >= 11 is 0. The molecule has 4 nitrogen and oxygen atoms in total. The molecular weight excluding hydrogens is 417 g/mol. The Morgan fingerprint density at radius 1 is 1.00 bits per heavy atom. The van der Waals surface area contributed by atoms with Gasteiger partial charge in [0.05, 0.1) is 22.8 Å². The molecular formula is C22H14F5N3O. The van der Waals surface area contributed by atoms with E-state index in [1.807, 2.05) is 0 Å². The third-order valence-electron chi connectivity index (χ3n) is 4.70. The summed E-state index contributed by atoms with van der Waals surface area (Å²) in [5.74, 6) is -2.07. The van der Waals surface area contributed by atoms with Gasteiger partial charge in [0, 0.05) is 18.0 Å². The van der Waals surface area contributed by atoms with Crippen LogP contribution >= 0.6 is 0 Å². The summed E-state index contributed by atoms with van der Waals surface area (Å²) < 4.78 is 67.2. The SMILES string of the molecule is O=C(NCc1cccc(C(F)(F)F)c1)c1cccc2c1cnn2-c1ccc(F)cc1F. The van der Waals surface area contributed by atoms with Crippen LogP contribution in [0.15, 0.2) is 66.9 Å². The van der Waals surface area contributed by atoms with Crippen molar-refractivity contribution < 1.29 is 26.7 Å². The lowest BCUT2D eigenvalue weighted by Crippen LogP contribution is -2.23. The molecule has 0 radical (unpaired) electrons. The summed E-state index contributed by atoms with van der Waals surface area (Å²) in [6, 6.07) is 12.4. The molecule has 0 atom stereocenters. The van der Waals surface area contributed by atoms with Gasteiger partial charge in [-0.2, -0.15) is 18.3 Å². The molecule has 158 valence electrons. The number of carbonyl (C=O) groups is 1. The zero-order valence-electron chi connectivity index (χ0n) is 15.8. The van der Waals surface area contributed by atoms with Crippen molar-refractivity contribution in [3.63, 3.8) is 0 Å². The van der Waals surface area contributed by atoms with E-state index in [0.29, 0.717) is 16.5 Å². The molecule has 1 aromatic heterocycles. The summed E-state index contributed by atoms with van der Waals surface area (Å²) in [5, 5.41) is 7.10. The molecule has 1 heterocycles. The Morgan fingerprint density at radius 2 is 1.77 bits per heavy atom. The normalized spacial score (nSPS) is 11.6. The molecule has 0 unspecified atom stereocenters. The van der Waals surface area contributed by atoms with Gasteiger partial charge in [-0.3, -0.25) is 4.79 Å². The van der Waals surface area contributed by atoms with Gasteiger partial charge in [0.2, 0.25) is 0 Å². The van der Waals surface area contributed by atoms with E-state index in [1.54, 1.807) is 12.1 Å². The van der Waals surface area contributed by atoms with Crippen LogP contribution in [0.5, 0.6) is 0 Å². The van der Waals surface area contributed by atoms with Gasteiger partial charge in [-0.05, 0) is 42.0 Å². The summed E-state index contributed by atoms with van der Waals surface area (Å²) in [4.78, 5) is 12.7. The van der Waals surface area contributed by atoms with Crippen molar-refractivity contribution in [2.45, 2.75) is 12.7 Å². The molecule has 3 aromatic carbocycles. The Labute approximate surface area is 172 Å². The lowest BCUT2D eigenvalue weighted by molar-refractivity contribution is -0.137. The van der Waals surface area contributed by atoms with Crippen molar-refractivity contribution in [1.82, 2.24) is 15.1 Å². The molecule has 9 heteroatoms. The Hall–Kier alpha value is -3.75. The van der Waals surface area contributed by atoms with Gasteiger partial charge in [0.1, 0.15) is 11.5 Å². The minimum atomic E-state index is -4.48. The van der Waals surface area contributed by atoms with E-state index >= 15 is 0 Å². The first-order valence-electron chi connectivity index (χ1n) is 9.10. The van der Waals surface area contributed by atoms with E-state index in [0.717, 1.165) is 24.3 Å². The number of benzene rings is 3. The van der Waals surface area contributed by atoms with Crippen molar-refractivity contribution >= 4 is 16.8 Å². The molecule has 0 saturated carbocycles. The summed E-state index contributed by atoms with van der Waals surface area (Å²) in [5.41, 5.74) is 0.136. The number of aromatic nitrogens is 2. The fourth-order valence-electron chi connectivity index (χ4n) is 3.23. The predicted octanol–water partition coefficient (Wildman–Crippen LogP) is 5.25. The largest absolute Gasteiger partial charge is 0.416 e. The summed E-state index contributed by atoms with van der Waals surface area (Å²) in [6.07, 6.45) is -3.10. The van der Waals surface area contributed by atoms with Crippen LogP contribution in [0.4, 0.5) is 22.0 Å². The lowest BCUT2D eigenvalue weighted by Gasteiger charge is -2.10. The van der Waals surface area contributed by atoms with Crippen molar-refractivity contribution in [2.75, 3.05) is 0 Å². The Bertz CT molecular complexity index is 1280. The highest BCUT2D eigenvalue weighted by Crippen LogP contribution is 2.29. The van der Waals surface area contributed by atoms with Crippen LogP contribution in [0, 0.1) is 11.6 Å². The van der Waals surface area contributed by atoms with E-state index in [-0.39, 0.29) is 17.8 Å². The van der Waals surface area contributed by atoms with Gasteiger partial charge in [-0.25, -0.2) is 13.5 Å². The fourth-order valence-corrected chi connectivity index (χ4v) is 3.23. The van der Waals surface area contributed by atoms with Crippen molar-refractivity contribution in [1.29, 1.82) is 0 Å². The first kappa shape index (κ1) is 20.5. The molecule has 1 amide bonds. The number of nitrogens with one attached hydrogen (secondary N) is 1. The van der Waals surface area contributed by atoms with Gasteiger partial charge < -0.3 is 5.32 Å². The smallest absolute Gasteiger partial charge is 0.348 e. The third-order valence-corrected chi connectivity index (χ3v) is 4.70. The average Bonchev–Trinajstić information content (AvgIpc) is 3.15. The molecule has 4 rings (SSSR count). The number of alkyl halides is 3. The minimum Gasteiger partial charge on any atom is -0.348 e. The second kappa shape index (κ2) is 7.82. The molecule has 0 fully saturated rings. The second-order valence-electron chi connectivity index (χ2n) is 6.77. The van der Waals surface area contributed by atoms with Crippen LogP contribution in [0.1, 0.15) is 21.5 Å². The number of hydrogen-bond donors (Lipinski definition) is 1. The highest BCUT2D eigenvalue weighted by molar-refractivity contribution is 6.06. The maximum absolute atomic E-state index is 14.2. The maximum atomic E-state index is 14.2. The molecule has 0 aliphatic carbocycles. The zero-order chi connectivity index (χ0) is 22.2. The number of rotatable bonds is 4. The van der Waals surface area contributed by atoms with Crippen molar-refractivity contribution in [3.05, 3.63) is 95.2 Å². The molecule has 4 aromatic rings. The van der Waals surface area contributed by atoms with Gasteiger partial charge in [-0.1, -0.05) is 18.2 Å². The Balaban J connectivity index is 1.60. The molecule has 0 spiro atoms. The number of amides is 1. The van der Waals surface area contributed by atoms with E-state index in [1.165, 1.54) is 35.1 Å². The number of fused-ring (bicyclic) bond motifs is 1. The highest BCUT2D eigenvalue weighted by atomic mass is 19.4. The molecule has 0 aliphatic rings. The highest BCUT2D eigenvalue weighted by Gasteiger charge is 2.30. The zero-order valence-corrected chi connectivity index (χ0v) is 15.8. The van der Waals surface area contributed by atoms with Crippen LogP contribution in [-0.4, -0.2) is 15.7 Å². The summed E-state index contributed by atoms with van der Waals surface area (Å²) in [7, 11) is 0. The lowest BCUT2D eigenvalue weighted by atomic mass is 10.1.